The van der Waals surface area contributed by atoms with Crippen LogP contribution in [0, 0.1) is 0 Å². The summed E-state index contributed by atoms with van der Waals surface area (Å²) in [5.74, 6) is 0.333. The highest BCUT2D eigenvalue weighted by molar-refractivity contribution is 5.97. The van der Waals surface area contributed by atoms with Crippen LogP contribution in [0.25, 0.3) is 10.9 Å². The highest BCUT2D eigenvalue weighted by Crippen LogP contribution is 2.22. The molecule has 1 saturated carbocycles. The van der Waals surface area contributed by atoms with Crippen LogP contribution in [-0.2, 0) is 0 Å². The van der Waals surface area contributed by atoms with E-state index in [0.717, 1.165) is 43.9 Å². The van der Waals surface area contributed by atoms with Gasteiger partial charge in [0.05, 0.1) is 24.3 Å². The molecule has 0 aliphatic heterocycles. The minimum absolute atomic E-state index is 0.0700. The average Bonchev–Trinajstić information content (AvgIpc) is 2.68. The SMILES string of the molecule is CCC[C@@H](CO)NC(=O)c1ccc2cnc(NC3CCC(O)CC3)nc2c1. The van der Waals surface area contributed by atoms with Crippen molar-refractivity contribution in [1.29, 1.82) is 0 Å². The zero-order valence-corrected chi connectivity index (χ0v) is 15.7. The Bertz CT molecular complexity index is 775. The van der Waals surface area contributed by atoms with Crippen LogP contribution in [-0.4, -0.2) is 50.9 Å². The number of fused-ring (bicyclic) bond motifs is 1. The summed E-state index contributed by atoms with van der Waals surface area (Å²) in [6.45, 7) is 1.95. The van der Waals surface area contributed by atoms with Crippen LogP contribution in [0.2, 0.25) is 0 Å². The van der Waals surface area contributed by atoms with Crippen molar-refractivity contribution in [2.45, 2.75) is 63.6 Å². The number of nitrogens with one attached hydrogen (secondary N) is 2. The monoisotopic (exact) mass is 372 g/mol. The Morgan fingerprint density at radius 2 is 2.07 bits per heavy atom. The molecule has 1 amide bonds. The first-order valence-electron chi connectivity index (χ1n) is 9.72. The lowest BCUT2D eigenvalue weighted by molar-refractivity contribution is 0.0913. The van der Waals surface area contributed by atoms with Crippen LogP contribution in [0.1, 0.15) is 55.8 Å². The van der Waals surface area contributed by atoms with Crippen LogP contribution < -0.4 is 10.6 Å². The summed E-state index contributed by atoms with van der Waals surface area (Å²) in [6.07, 6.45) is 6.55. The standard InChI is InChI=1S/C20H28N4O3/c1-2-3-16(12-25)22-19(27)13-4-5-14-11-21-20(24-18(14)10-13)23-15-6-8-17(26)9-7-15/h4-5,10-11,15-17,25-26H,2-3,6-9,12H2,1H3,(H,22,27)(H,21,23,24)/t15?,16-,17?/m0/s1. The van der Waals surface area contributed by atoms with Crippen molar-refractivity contribution in [3.8, 4) is 0 Å². The van der Waals surface area contributed by atoms with Gasteiger partial charge in [-0.05, 0) is 44.2 Å². The van der Waals surface area contributed by atoms with Crippen molar-refractivity contribution in [3.05, 3.63) is 30.0 Å². The van der Waals surface area contributed by atoms with Gasteiger partial charge in [-0.3, -0.25) is 4.79 Å². The molecule has 1 fully saturated rings. The van der Waals surface area contributed by atoms with Crippen LogP contribution in [0.5, 0.6) is 0 Å². The Labute approximate surface area is 159 Å². The van der Waals surface area contributed by atoms with Crippen molar-refractivity contribution < 1.29 is 15.0 Å². The van der Waals surface area contributed by atoms with Crippen LogP contribution in [0.4, 0.5) is 5.95 Å². The van der Waals surface area contributed by atoms with Gasteiger partial charge >= 0.3 is 0 Å². The number of aliphatic hydroxyl groups is 2. The van der Waals surface area contributed by atoms with E-state index in [2.05, 4.69) is 20.6 Å². The molecule has 2 aromatic rings. The van der Waals surface area contributed by atoms with Crippen LogP contribution in [0.15, 0.2) is 24.4 Å². The molecule has 146 valence electrons. The number of nitrogens with zero attached hydrogens (tertiary/aromatic N) is 2. The molecule has 3 rings (SSSR count). The van der Waals surface area contributed by atoms with E-state index in [-0.39, 0.29) is 30.7 Å². The van der Waals surface area contributed by atoms with Gasteiger partial charge in [0.2, 0.25) is 5.95 Å². The summed E-state index contributed by atoms with van der Waals surface area (Å²) >= 11 is 0. The lowest BCUT2D eigenvalue weighted by Crippen LogP contribution is -2.37. The number of carbonyl (C=O) groups excluding carboxylic acids is 1. The fourth-order valence-corrected chi connectivity index (χ4v) is 3.46. The van der Waals surface area contributed by atoms with E-state index in [1.165, 1.54) is 0 Å². The lowest BCUT2D eigenvalue weighted by atomic mass is 9.93. The van der Waals surface area contributed by atoms with Crippen molar-refractivity contribution >= 4 is 22.8 Å². The first-order valence-corrected chi connectivity index (χ1v) is 9.72. The highest BCUT2D eigenvalue weighted by Gasteiger charge is 2.20. The number of hydrogen-bond donors (Lipinski definition) is 4. The molecule has 1 heterocycles. The molecule has 0 radical (unpaired) electrons. The maximum Gasteiger partial charge on any atom is 0.251 e. The molecule has 1 aromatic carbocycles. The molecular formula is C20H28N4O3. The minimum atomic E-state index is -0.234. The second-order valence-electron chi connectivity index (χ2n) is 7.26. The smallest absolute Gasteiger partial charge is 0.251 e. The molecule has 1 aromatic heterocycles. The second-order valence-corrected chi connectivity index (χ2v) is 7.26. The van der Waals surface area contributed by atoms with E-state index in [9.17, 15) is 15.0 Å². The fourth-order valence-electron chi connectivity index (χ4n) is 3.46. The van der Waals surface area contributed by atoms with E-state index in [1.807, 2.05) is 13.0 Å². The van der Waals surface area contributed by atoms with Gasteiger partial charge in [-0.2, -0.15) is 0 Å². The Balaban J connectivity index is 1.72. The Morgan fingerprint density at radius 3 is 2.78 bits per heavy atom. The third kappa shape index (κ3) is 5.14. The third-order valence-electron chi connectivity index (χ3n) is 5.07. The van der Waals surface area contributed by atoms with Gasteiger partial charge in [0, 0.05) is 23.2 Å². The number of anilines is 1. The van der Waals surface area contributed by atoms with E-state index >= 15 is 0 Å². The molecule has 1 aliphatic rings. The first kappa shape index (κ1) is 19.5. The fraction of sp³-hybridized carbons (Fsp3) is 0.550. The molecule has 0 unspecified atom stereocenters. The maximum absolute atomic E-state index is 12.5. The van der Waals surface area contributed by atoms with Gasteiger partial charge in [-0.15, -0.1) is 0 Å². The van der Waals surface area contributed by atoms with Crippen molar-refractivity contribution in [3.63, 3.8) is 0 Å². The number of amides is 1. The summed E-state index contributed by atoms with van der Waals surface area (Å²) in [5, 5.41) is 26.1. The molecule has 7 heteroatoms. The molecule has 27 heavy (non-hydrogen) atoms. The Kier molecular flexibility index (Phi) is 6.58. The van der Waals surface area contributed by atoms with Gasteiger partial charge in [0.15, 0.2) is 0 Å². The van der Waals surface area contributed by atoms with Crippen molar-refractivity contribution in [2.24, 2.45) is 0 Å². The molecule has 4 N–H and O–H groups in total. The minimum Gasteiger partial charge on any atom is -0.394 e. The van der Waals surface area contributed by atoms with Crippen molar-refractivity contribution in [2.75, 3.05) is 11.9 Å². The largest absolute Gasteiger partial charge is 0.394 e. The summed E-state index contributed by atoms with van der Waals surface area (Å²) in [6, 6.07) is 5.36. The van der Waals surface area contributed by atoms with Gasteiger partial charge in [0.25, 0.3) is 5.91 Å². The number of rotatable bonds is 7. The van der Waals surface area contributed by atoms with Gasteiger partial charge in [-0.25, -0.2) is 9.97 Å². The van der Waals surface area contributed by atoms with E-state index < -0.39 is 0 Å². The Morgan fingerprint density at radius 1 is 1.30 bits per heavy atom. The van der Waals surface area contributed by atoms with Crippen molar-refractivity contribution in [1.82, 2.24) is 15.3 Å². The van der Waals surface area contributed by atoms with Gasteiger partial charge in [-0.1, -0.05) is 19.4 Å². The Hall–Kier alpha value is -2.25. The normalized spacial score (nSPS) is 21.0. The molecule has 1 atom stereocenters. The number of hydrogen-bond acceptors (Lipinski definition) is 6. The predicted octanol–water partition coefficient (Wildman–Crippen LogP) is 2.24. The second kappa shape index (κ2) is 9.10. The quantitative estimate of drug-likeness (QED) is 0.594. The number of carbonyl (C=O) groups is 1. The number of aromatic nitrogens is 2. The van der Waals surface area contributed by atoms with Crippen LogP contribution in [0.3, 0.4) is 0 Å². The lowest BCUT2D eigenvalue weighted by Gasteiger charge is -2.26. The van der Waals surface area contributed by atoms with E-state index in [4.69, 9.17) is 0 Å². The maximum atomic E-state index is 12.5. The van der Waals surface area contributed by atoms with E-state index in [1.54, 1.807) is 18.3 Å². The molecule has 0 bridgehead atoms. The zero-order chi connectivity index (χ0) is 19.2. The summed E-state index contributed by atoms with van der Waals surface area (Å²) in [4.78, 5) is 21.4. The predicted molar refractivity (Wildman–Crippen MR) is 105 cm³/mol. The highest BCUT2D eigenvalue weighted by atomic mass is 16.3. The number of benzene rings is 1. The third-order valence-corrected chi connectivity index (χ3v) is 5.07. The zero-order valence-electron chi connectivity index (χ0n) is 15.7. The van der Waals surface area contributed by atoms with E-state index in [0.29, 0.717) is 17.0 Å². The summed E-state index contributed by atoms with van der Waals surface area (Å²) in [5.41, 5.74) is 1.22. The average molecular weight is 372 g/mol. The molecular weight excluding hydrogens is 344 g/mol. The van der Waals surface area contributed by atoms with Gasteiger partial charge in [0.1, 0.15) is 0 Å². The summed E-state index contributed by atoms with van der Waals surface area (Å²) < 4.78 is 0. The molecule has 0 spiro atoms. The summed E-state index contributed by atoms with van der Waals surface area (Å²) in [7, 11) is 0. The molecule has 7 nitrogen and oxygen atoms in total. The molecule has 0 saturated heterocycles. The van der Waals surface area contributed by atoms with Crippen LogP contribution >= 0.6 is 0 Å². The first-order chi connectivity index (χ1) is 13.1. The van der Waals surface area contributed by atoms with Gasteiger partial charge < -0.3 is 20.8 Å². The number of aliphatic hydroxyl groups excluding tert-OH is 2. The topological polar surface area (TPSA) is 107 Å². The molecule has 1 aliphatic carbocycles.